The maximum absolute atomic E-state index is 13.5. The topological polar surface area (TPSA) is 55.1 Å². The normalized spacial score (nSPS) is 10.3. The molecule has 2 rings (SSSR count). The van der Waals surface area contributed by atoms with Crippen LogP contribution in [0.4, 0.5) is 15.8 Å². The van der Waals surface area contributed by atoms with Crippen molar-refractivity contribution < 1.29 is 9.18 Å². The third kappa shape index (κ3) is 3.24. The van der Waals surface area contributed by atoms with Crippen LogP contribution in [0.15, 0.2) is 40.9 Å². The van der Waals surface area contributed by atoms with Gasteiger partial charge in [0.05, 0.1) is 16.3 Å². The average Bonchev–Trinajstić information content (AvgIpc) is 2.33. The van der Waals surface area contributed by atoms with Gasteiger partial charge in [-0.05, 0) is 36.4 Å². The number of halogens is 3. The van der Waals surface area contributed by atoms with Crippen molar-refractivity contribution >= 4 is 44.8 Å². The Balaban J connectivity index is 2.28. The molecule has 0 unspecified atom stereocenters. The molecule has 0 bridgehead atoms. The minimum absolute atomic E-state index is 0.0762. The maximum Gasteiger partial charge on any atom is 0.257 e. The van der Waals surface area contributed by atoms with Crippen LogP contribution in [0, 0.1) is 5.82 Å². The molecule has 0 heterocycles. The first-order chi connectivity index (χ1) is 8.97. The molecule has 6 heteroatoms. The smallest absolute Gasteiger partial charge is 0.257 e. The summed E-state index contributed by atoms with van der Waals surface area (Å²) < 4.78 is 14.2. The van der Waals surface area contributed by atoms with Crippen LogP contribution >= 0.6 is 27.5 Å². The highest BCUT2D eigenvalue weighted by Gasteiger charge is 2.13. The monoisotopic (exact) mass is 342 g/mol. The average molecular weight is 344 g/mol. The van der Waals surface area contributed by atoms with Gasteiger partial charge in [-0.2, -0.15) is 0 Å². The summed E-state index contributed by atoms with van der Waals surface area (Å²) in [7, 11) is 0. The predicted molar refractivity (Wildman–Crippen MR) is 77.9 cm³/mol. The van der Waals surface area contributed by atoms with Gasteiger partial charge in [0.15, 0.2) is 0 Å². The van der Waals surface area contributed by atoms with Gasteiger partial charge in [0, 0.05) is 10.2 Å². The van der Waals surface area contributed by atoms with Gasteiger partial charge >= 0.3 is 0 Å². The van der Waals surface area contributed by atoms with E-state index in [0.29, 0.717) is 10.2 Å². The van der Waals surface area contributed by atoms with Crippen molar-refractivity contribution in [1.82, 2.24) is 0 Å². The molecule has 0 aliphatic rings. The van der Waals surface area contributed by atoms with Gasteiger partial charge in [0.2, 0.25) is 0 Å². The molecule has 3 nitrogen and oxygen atoms in total. The van der Waals surface area contributed by atoms with Crippen molar-refractivity contribution in [3.63, 3.8) is 0 Å². The lowest BCUT2D eigenvalue weighted by atomic mass is 10.2. The predicted octanol–water partition coefficient (Wildman–Crippen LogP) is 4.08. The van der Waals surface area contributed by atoms with E-state index in [1.807, 2.05) is 0 Å². The third-order valence-corrected chi connectivity index (χ3v) is 3.22. The van der Waals surface area contributed by atoms with Gasteiger partial charge in [0.1, 0.15) is 5.82 Å². The van der Waals surface area contributed by atoms with Gasteiger partial charge in [-0.1, -0.05) is 27.5 Å². The molecule has 0 saturated heterocycles. The number of nitrogen functional groups attached to an aromatic ring is 1. The van der Waals surface area contributed by atoms with E-state index in [9.17, 15) is 9.18 Å². The van der Waals surface area contributed by atoms with Crippen LogP contribution in [-0.4, -0.2) is 5.91 Å². The van der Waals surface area contributed by atoms with E-state index in [2.05, 4.69) is 21.2 Å². The lowest BCUT2D eigenvalue weighted by Crippen LogP contribution is -2.13. The van der Waals surface area contributed by atoms with E-state index in [4.69, 9.17) is 17.3 Å². The molecule has 0 aliphatic carbocycles. The van der Waals surface area contributed by atoms with E-state index < -0.39 is 11.7 Å². The molecule has 2 aromatic rings. The van der Waals surface area contributed by atoms with Crippen molar-refractivity contribution in [3.8, 4) is 0 Å². The van der Waals surface area contributed by atoms with Crippen molar-refractivity contribution in [1.29, 1.82) is 0 Å². The first-order valence-corrected chi connectivity index (χ1v) is 6.46. The molecule has 98 valence electrons. The summed E-state index contributed by atoms with van der Waals surface area (Å²) >= 11 is 9.12. The summed E-state index contributed by atoms with van der Waals surface area (Å²) in [5.41, 5.74) is 6.30. The Morgan fingerprint density at radius 2 is 2.00 bits per heavy atom. The fourth-order valence-corrected chi connectivity index (χ4v) is 2.13. The fraction of sp³-hybridized carbons (Fsp3) is 0. The molecule has 0 aromatic heterocycles. The Kier molecular flexibility index (Phi) is 4.07. The van der Waals surface area contributed by atoms with Gasteiger partial charge in [-0.3, -0.25) is 4.79 Å². The van der Waals surface area contributed by atoms with Crippen LogP contribution in [-0.2, 0) is 0 Å². The highest BCUT2D eigenvalue weighted by Crippen LogP contribution is 2.23. The highest BCUT2D eigenvalue weighted by molar-refractivity contribution is 9.10. The number of hydrogen-bond donors (Lipinski definition) is 2. The molecule has 0 fully saturated rings. The van der Waals surface area contributed by atoms with Crippen LogP contribution in [0.3, 0.4) is 0 Å². The lowest BCUT2D eigenvalue weighted by molar-refractivity contribution is 0.102. The molecule has 0 saturated carbocycles. The van der Waals surface area contributed by atoms with E-state index in [1.165, 1.54) is 24.3 Å². The molecule has 2 aromatic carbocycles. The molecule has 1 amide bonds. The Hall–Kier alpha value is -1.59. The highest BCUT2D eigenvalue weighted by atomic mass is 79.9. The molecular formula is C13H9BrClFN2O. The van der Waals surface area contributed by atoms with E-state index in [0.717, 1.165) is 0 Å². The summed E-state index contributed by atoms with van der Waals surface area (Å²) in [6, 6.07) is 8.78. The quantitative estimate of drug-likeness (QED) is 0.807. The molecule has 0 aliphatic heterocycles. The van der Waals surface area contributed by atoms with Crippen LogP contribution in [0.25, 0.3) is 0 Å². The minimum Gasteiger partial charge on any atom is -0.399 e. The number of nitrogens with two attached hydrogens (primary N) is 1. The number of carbonyl (C=O) groups excluding carboxylic acids is 1. The largest absolute Gasteiger partial charge is 0.399 e. The van der Waals surface area contributed by atoms with Gasteiger partial charge in [-0.15, -0.1) is 0 Å². The molecule has 0 radical (unpaired) electrons. The molecule has 3 N–H and O–H groups in total. The molecular weight excluding hydrogens is 335 g/mol. The number of nitrogens with one attached hydrogen (secondary N) is 1. The van der Waals surface area contributed by atoms with E-state index >= 15 is 0 Å². The minimum atomic E-state index is -0.525. The zero-order valence-corrected chi connectivity index (χ0v) is 11.9. The second-order valence-electron chi connectivity index (χ2n) is 3.82. The first kappa shape index (κ1) is 13.8. The van der Waals surface area contributed by atoms with Gasteiger partial charge < -0.3 is 11.1 Å². The number of hydrogen-bond acceptors (Lipinski definition) is 2. The Bertz CT molecular complexity index is 649. The van der Waals surface area contributed by atoms with Crippen LogP contribution < -0.4 is 11.1 Å². The van der Waals surface area contributed by atoms with Crippen LogP contribution in [0.1, 0.15) is 10.4 Å². The van der Waals surface area contributed by atoms with Crippen molar-refractivity contribution in [2.75, 3.05) is 11.1 Å². The number of amides is 1. The summed E-state index contributed by atoms with van der Waals surface area (Å²) in [5, 5.41) is 2.67. The Morgan fingerprint density at radius 3 is 2.68 bits per heavy atom. The molecule has 19 heavy (non-hydrogen) atoms. The maximum atomic E-state index is 13.5. The second-order valence-corrected chi connectivity index (χ2v) is 5.14. The fourth-order valence-electron chi connectivity index (χ4n) is 1.50. The van der Waals surface area contributed by atoms with Crippen LogP contribution in [0.5, 0.6) is 0 Å². The van der Waals surface area contributed by atoms with E-state index in [1.54, 1.807) is 12.1 Å². The zero-order chi connectivity index (χ0) is 14.0. The standard InChI is InChI=1S/C13H9BrClFN2O/c14-7-1-4-11(16)12(5-7)18-13(19)9-3-2-8(17)6-10(9)15/h1-6H,17H2,(H,18,19). The number of benzene rings is 2. The second kappa shape index (κ2) is 5.59. The van der Waals surface area contributed by atoms with E-state index in [-0.39, 0.29) is 16.3 Å². The van der Waals surface area contributed by atoms with Crippen molar-refractivity contribution in [2.45, 2.75) is 0 Å². The number of carbonyl (C=O) groups is 1. The zero-order valence-electron chi connectivity index (χ0n) is 9.58. The van der Waals surface area contributed by atoms with Crippen LogP contribution in [0.2, 0.25) is 5.02 Å². The third-order valence-electron chi connectivity index (χ3n) is 2.41. The SMILES string of the molecule is Nc1ccc(C(=O)Nc2cc(Br)ccc2F)c(Cl)c1. The summed E-state index contributed by atoms with van der Waals surface area (Å²) in [6.45, 7) is 0. The molecule has 0 spiro atoms. The lowest BCUT2D eigenvalue weighted by Gasteiger charge is -2.08. The van der Waals surface area contributed by atoms with Crippen molar-refractivity contribution in [3.05, 3.63) is 57.3 Å². The molecule has 0 atom stereocenters. The number of anilines is 2. The Labute approximate surface area is 122 Å². The first-order valence-electron chi connectivity index (χ1n) is 5.29. The van der Waals surface area contributed by atoms with Gasteiger partial charge in [0.25, 0.3) is 5.91 Å². The summed E-state index contributed by atoms with van der Waals surface area (Å²) in [6.07, 6.45) is 0. The van der Waals surface area contributed by atoms with Crippen molar-refractivity contribution in [2.24, 2.45) is 0 Å². The summed E-state index contributed by atoms with van der Waals surface area (Å²) in [5.74, 6) is -1.02. The Morgan fingerprint density at radius 1 is 1.26 bits per heavy atom. The van der Waals surface area contributed by atoms with Gasteiger partial charge in [-0.25, -0.2) is 4.39 Å². The summed E-state index contributed by atoms with van der Waals surface area (Å²) in [4.78, 5) is 12.0. The number of rotatable bonds is 2.